The Morgan fingerprint density at radius 3 is 2.55 bits per heavy atom. The molecule has 0 bridgehead atoms. The summed E-state index contributed by atoms with van der Waals surface area (Å²) in [6, 6.07) is 4.57. The van der Waals surface area contributed by atoms with Gasteiger partial charge in [0.25, 0.3) is 5.69 Å². The summed E-state index contributed by atoms with van der Waals surface area (Å²) in [5, 5.41) is 10.7. The number of hydrogen-bond acceptors (Lipinski definition) is 5. The van der Waals surface area contributed by atoms with Crippen LogP contribution in [-0.4, -0.2) is 25.7 Å². The SMILES string of the molecule is Cc1cc(OCCCCCS(=O)(=O)Cl)ccc1[N+](=O)[O-]. The normalized spacial score (nSPS) is 11.3. The van der Waals surface area contributed by atoms with Crippen LogP contribution in [0.1, 0.15) is 24.8 Å². The number of hydrogen-bond donors (Lipinski definition) is 0. The van der Waals surface area contributed by atoms with Crippen molar-refractivity contribution in [2.75, 3.05) is 12.4 Å². The van der Waals surface area contributed by atoms with Crippen molar-refractivity contribution in [2.45, 2.75) is 26.2 Å². The second-order valence-electron chi connectivity index (χ2n) is 4.36. The predicted octanol–water partition coefficient (Wildman–Crippen LogP) is 3.02. The largest absolute Gasteiger partial charge is 0.494 e. The topological polar surface area (TPSA) is 86.5 Å². The van der Waals surface area contributed by atoms with Crippen molar-refractivity contribution >= 4 is 25.4 Å². The van der Waals surface area contributed by atoms with Crippen LogP contribution >= 0.6 is 10.7 Å². The zero-order chi connectivity index (χ0) is 15.2. The lowest BCUT2D eigenvalue weighted by Gasteiger charge is -2.06. The Morgan fingerprint density at radius 2 is 2.00 bits per heavy atom. The molecular weight excluding hydrogens is 306 g/mol. The predicted molar refractivity (Wildman–Crippen MR) is 76.8 cm³/mol. The van der Waals surface area contributed by atoms with Crippen molar-refractivity contribution in [1.82, 2.24) is 0 Å². The molecule has 0 unspecified atom stereocenters. The molecule has 1 rings (SSSR count). The highest BCUT2D eigenvalue weighted by Crippen LogP contribution is 2.23. The van der Waals surface area contributed by atoms with Gasteiger partial charge < -0.3 is 4.74 Å². The van der Waals surface area contributed by atoms with Gasteiger partial charge in [-0.25, -0.2) is 8.42 Å². The van der Waals surface area contributed by atoms with Crippen LogP contribution in [0.3, 0.4) is 0 Å². The Kier molecular flexibility index (Phi) is 6.22. The van der Waals surface area contributed by atoms with E-state index < -0.39 is 14.0 Å². The smallest absolute Gasteiger partial charge is 0.272 e. The molecule has 0 radical (unpaired) electrons. The number of nitro benzene ring substituents is 1. The standard InChI is InChI=1S/C12H16ClNO5S/c1-10-9-11(5-6-12(10)14(15)16)19-7-3-2-4-8-20(13,17)18/h5-6,9H,2-4,7-8H2,1H3. The highest BCUT2D eigenvalue weighted by atomic mass is 35.7. The fraction of sp³-hybridized carbons (Fsp3) is 0.500. The minimum atomic E-state index is -3.41. The number of rotatable bonds is 8. The molecule has 0 aromatic heterocycles. The second kappa shape index (κ2) is 7.44. The van der Waals surface area contributed by atoms with Crippen LogP contribution in [0, 0.1) is 17.0 Å². The molecule has 1 aromatic rings. The monoisotopic (exact) mass is 321 g/mol. The summed E-state index contributed by atoms with van der Waals surface area (Å²) in [5.74, 6) is 0.531. The van der Waals surface area contributed by atoms with E-state index in [1.165, 1.54) is 6.07 Å². The number of nitrogens with zero attached hydrogens (tertiary/aromatic N) is 1. The first-order valence-corrected chi connectivity index (χ1v) is 8.57. The van der Waals surface area contributed by atoms with Crippen LogP contribution < -0.4 is 4.74 Å². The zero-order valence-corrected chi connectivity index (χ0v) is 12.6. The van der Waals surface area contributed by atoms with Crippen molar-refractivity contribution in [1.29, 1.82) is 0 Å². The van der Waals surface area contributed by atoms with Gasteiger partial charge in [-0.2, -0.15) is 0 Å². The first-order chi connectivity index (χ1) is 9.29. The lowest BCUT2D eigenvalue weighted by atomic mass is 10.2. The van der Waals surface area contributed by atoms with E-state index in [1.54, 1.807) is 19.1 Å². The molecule has 8 heteroatoms. The lowest BCUT2D eigenvalue weighted by Crippen LogP contribution is -2.01. The maximum absolute atomic E-state index is 10.7. The van der Waals surface area contributed by atoms with Crippen LogP contribution in [-0.2, 0) is 9.05 Å². The van der Waals surface area contributed by atoms with Gasteiger partial charge in [-0.1, -0.05) is 0 Å². The number of nitro groups is 1. The summed E-state index contributed by atoms with van der Waals surface area (Å²) >= 11 is 0. The van der Waals surface area contributed by atoms with Gasteiger partial charge in [-0.3, -0.25) is 10.1 Å². The molecule has 20 heavy (non-hydrogen) atoms. The molecule has 0 aliphatic heterocycles. The zero-order valence-electron chi connectivity index (χ0n) is 11.0. The van der Waals surface area contributed by atoms with Gasteiger partial charge in [0.2, 0.25) is 9.05 Å². The third-order valence-corrected chi connectivity index (χ3v) is 3.91. The quantitative estimate of drug-likeness (QED) is 0.318. The van der Waals surface area contributed by atoms with Gasteiger partial charge in [0.05, 0.1) is 17.3 Å². The Bertz CT molecular complexity index is 573. The van der Waals surface area contributed by atoms with E-state index in [9.17, 15) is 18.5 Å². The number of aryl methyl sites for hydroxylation is 1. The fourth-order valence-corrected chi connectivity index (χ4v) is 2.54. The summed E-state index contributed by atoms with van der Waals surface area (Å²) in [4.78, 5) is 10.2. The lowest BCUT2D eigenvalue weighted by molar-refractivity contribution is -0.385. The summed E-state index contributed by atoms with van der Waals surface area (Å²) in [5.41, 5.74) is 0.602. The summed E-state index contributed by atoms with van der Waals surface area (Å²) in [6.45, 7) is 2.08. The molecule has 0 N–H and O–H groups in total. The van der Waals surface area contributed by atoms with Gasteiger partial charge in [0.1, 0.15) is 5.75 Å². The third-order valence-electron chi connectivity index (χ3n) is 2.67. The molecule has 0 fully saturated rings. The molecule has 6 nitrogen and oxygen atoms in total. The van der Waals surface area contributed by atoms with Crippen LogP contribution in [0.25, 0.3) is 0 Å². The first kappa shape index (κ1) is 16.7. The van der Waals surface area contributed by atoms with Crippen LogP contribution in [0.4, 0.5) is 5.69 Å². The highest BCUT2D eigenvalue weighted by Gasteiger charge is 2.10. The Balaban J connectivity index is 2.33. The van der Waals surface area contributed by atoms with Gasteiger partial charge >= 0.3 is 0 Å². The van der Waals surface area contributed by atoms with Crippen LogP contribution in [0.2, 0.25) is 0 Å². The van der Waals surface area contributed by atoms with Crippen molar-refractivity contribution in [3.63, 3.8) is 0 Å². The Morgan fingerprint density at radius 1 is 1.30 bits per heavy atom. The van der Waals surface area contributed by atoms with E-state index in [4.69, 9.17) is 15.4 Å². The summed E-state index contributed by atoms with van der Waals surface area (Å²) in [7, 11) is 1.67. The van der Waals surface area contributed by atoms with Gasteiger partial charge in [-0.15, -0.1) is 0 Å². The van der Waals surface area contributed by atoms with E-state index >= 15 is 0 Å². The number of benzene rings is 1. The van der Waals surface area contributed by atoms with Crippen LogP contribution in [0.15, 0.2) is 18.2 Å². The Labute approximate surface area is 122 Å². The first-order valence-electron chi connectivity index (χ1n) is 6.10. The van der Waals surface area contributed by atoms with Crippen molar-refractivity contribution < 1.29 is 18.1 Å². The van der Waals surface area contributed by atoms with Gasteiger partial charge in [0.15, 0.2) is 0 Å². The molecule has 0 spiro atoms. The Hall–Kier alpha value is -1.34. The molecule has 0 saturated carbocycles. The average Bonchev–Trinajstić information content (AvgIpc) is 2.32. The number of unbranched alkanes of at least 4 members (excludes halogenated alkanes) is 2. The molecule has 0 saturated heterocycles. The second-order valence-corrected chi connectivity index (χ2v) is 7.25. The maximum Gasteiger partial charge on any atom is 0.272 e. The van der Waals surface area contributed by atoms with Crippen LogP contribution in [0.5, 0.6) is 5.75 Å². The fourth-order valence-electron chi connectivity index (χ4n) is 1.67. The molecule has 0 aliphatic carbocycles. The van der Waals surface area contributed by atoms with E-state index in [0.717, 1.165) is 0 Å². The molecule has 1 aromatic carbocycles. The maximum atomic E-state index is 10.7. The van der Waals surface area contributed by atoms with Crippen molar-refractivity contribution in [3.8, 4) is 5.75 Å². The molecule has 0 heterocycles. The van der Waals surface area contributed by atoms with Crippen molar-refractivity contribution in [2.24, 2.45) is 0 Å². The summed E-state index contributed by atoms with van der Waals surface area (Å²) in [6.07, 6.45) is 1.88. The number of ether oxygens (including phenoxy) is 1. The molecule has 0 amide bonds. The van der Waals surface area contributed by atoms with E-state index in [-0.39, 0.29) is 11.4 Å². The van der Waals surface area contributed by atoms with E-state index in [0.29, 0.717) is 37.2 Å². The molecule has 0 aliphatic rings. The van der Waals surface area contributed by atoms with Gasteiger partial charge in [0, 0.05) is 22.3 Å². The average molecular weight is 322 g/mol. The molecular formula is C12H16ClNO5S. The van der Waals surface area contributed by atoms with Gasteiger partial charge in [-0.05, 0) is 38.3 Å². The van der Waals surface area contributed by atoms with Crippen molar-refractivity contribution in [3.05, 3.63) is 33.9 Å². The molecule has 112 valence electrons. The highest BCUT2D eigenvalue weighted by molar-refractivity contribution is 8.13. The summed E-state index contributed by atoms with van der Waals surface area (Å²) < 4.78 is 26.8. The number of halogens is 1. The third kappa shape index (κ3) is 6.21. The minimum absolute atomic E-state index is 0.0365. The van der Waals surface area contributed by atoms with E-state index in [2.05, 4.69) is 0 Å². The van der Waals surface area contributed by atoms with E-state index in [1.807, 2.05) is 0 Å². The minimum Gasteiger partial charge on any atom is -0.494 e. The molecule has 0 atom stereocenters.